The largest absolute Gasteiger partial charge is 0.311 e. The summed E-state index contributed by atoms with van der Waals surface area (Å²) in [5.74, 6) is 0. The van der Waals surface area contributed by atoms with Crippen molar-refractivity contribution in [1.29, 1.82) is 0 Å². The first-order chi connectivity index (χ1) is 32.6. The van der Waals surface area contributed by atoms with Crippen LogP contribution in [0.3, 0.4) is 0 Å². The first-order valence-corrected chi connectivity index (χ1v) is 27.1. The molecule has 0 bridgehead atoms. The van der Waals surface area contributed by atoms with Gasteiger partial charge in [0.05, 0.1) is 5.69 Å². The average molecular weight is 923 g/mol. The zero-order chi connectivity index (χ0) is 49.8. The van der Waals surface area contributed by atoms with E-state index in [-0.39, 0.29) is 50.0 Å². The number of hydrogen-bond acceptors (Lipinski definition) is 2. The third-order valence-electron chi connectivity index (χ3n) is 19.8. The van der Waals surface area contributed by atoms with E-state index in [9.17, 15) is 0 Å². The van der Waals surface area contributed by atoms with Crippen LogP contribution < -0.4 is 26.2 Å². The standard InChI is InChI=1S/C67H79BN2/c1-60(2,3)40-33-56-59-57(34-40)70(53-24-20-23-45-58(53)42-21-18-19-22-43(42)67(45,16)17)55-39-50-48(64(10,11)30-32-66(50,14)15)37-52(55)68(59)51-36-47-49(65(12,13)31-29-63(47,8)9)38-54(51)69(56)41-25-26-44-46(35-41)62(6,7)28-27-61(44,4)5/h18-26,33-39H,27-32H2,1-17H3. The molecule has 0 saturated carbocycles. The van der Waals surface area contributed by atoms with Gasteiger partial charge < -0.3 is 9.80 Å². The maximum absolute atomic E-state index is 2.78. The van der Waals surface area contributed by atoms with Gasteiger partial charge in [0.2, 0.25) is 0 Å². The van der Waals surface area contributed by atoms with E-state index in [1.54, 1.807) is 0 Å². The van der Waals surface area contributed by atoms with Crippen LogP contribution in [0.2, 0.25) is 0 Å². The maximum atomic E-state index is 2.78. The molecule has 0 unspecified atom stereocenters. The van der Waals surface area contributed by atoms with Crippen molar-refractivity contribution in [3.05, 3.63) is 147 Å². The first-order valence-electron chi connectivity index (χ1n) is 27.1. The summed E-state index contributed by atoms with van der Waals surface area (Å²) in [6, 6.07) is 40.3. The van der Waals surface area contributed by atoms with Crippen LogP contribution in [0.15, 0.2) is 97.1 Å². The molecule has 2 heterocycles. The molecule has 70 heavy (non-hydrogen) atoms. The van der Waals surface area contributed by atoms with E-state index in [0.29, 0.717) is 0 Å². The Morgan fingerprint density at radius 2 is 0.829 bits per heavy atom. The SMILES string of the molecule is CC(C)(C)c1cc2c3c(c1)N(c1cccc4c1-c1ccccc1C4(C)C)c1cc4c(cc1B3c1cc3c(cc1N2c1ccc2c(c1)C(C)(C)CCC2(C)C)C(C)(C)CCC3(C)C)C(C)(C)CCC4(C)C. The smallest absolute Gasteiger partial charge is 0.252 e. The van der Waals surface area contributed by atoms with Gasteiger partial charge in [-0.15, -0.1) is 0 Å². The molecule has 12 rings (SSSR count). The highest BCUT2D eigenvalue weighted by Gasteiger charge is 2.50. The lowest BCUT2D eigenvalue weighted by Gasteiger charge is -2.49. The van der Waals surface area contributed by atoms with Crippen LogP contribution in [0.4, 0.5) is 34.1 Å². The predicted molar refractivity (Wildman–Crippen MR) is 303 cm³/mol. The lowest BCUT2D eigenvalue weighted by atomic mass is 9.32. The maximum Gasteiger partial charge on any atom is 0.252 e. The van der Waals surface area contributed by atoms with Crippen molar-refractivity contribution >= 4 is 57.2 Å². The van der Waals surface area contributed by atoms with Crippen molar-refractivity contribution in [2.24, 2.45) is 0 Å². The molecule has 0 radical (unpaired) electrons. The summed E-state index contributed by atoms with van der Waals surface area (Å²) in [7, 11) is 0. The molecule has 360 valence electrons. The predicted octanol–water partition coefficient (Wildman–Crippen LogP) is 16.4. The van der Waals surface area contributed by atoms with Crippen molar-refractivity contribution in [2.75, 3.05) is 9.80 Å². The van der Waals surface area contributed by atoms with Crippen LogP contribution in [-0.4, -0.2) is 6.71 Å². The Labute approximate surface area is 422 Å². The van der Waals surface area contributed by atoms with Crippen LogP contribution in [0.25, 0.3) is 11.1 Å². The van der Waals surface area contributed by atoms with Gasteiger partial charge in [-0.2, -0.15) is 0 Å². The van der Waals surface area contributed by atoms with Gasteiger partial charge in [0.15, 0.2) is 0 Å². The highest BCUT2D eigenvalue weighted by Crippen LogP contribution is 2.58. The summed E-state index contributed by atoms with van der Waals surface area (Å²) >= 11 is 0. The van der Waals surface area contributed by atoms with Crippen molar-refractivity contribution in [3.63, 3.8) is 0 Å². The fraction of sp³-hybridized carbons (Fsp3) is 0.463. The molecule has 6 aromatic rings. The van der Waals surface area contributed by atoms with Crippen molar-refractivity contribution in [2.45, 2.75) is 200 Å². The van der Waals surface area contributed by atoms with E-state index < -0.39 is 0 Å². The van der Waals surface area contributed by atoms with Crippen LogP contribution in [0, 0.1) is 0 Å². The van der Waals surface area contributed by atoms with Gasteiger partial charge in [-0.1, -0.05) is 172 Å². The molecule has 0 N–H and O–H groups in total. The molecule has 6 aromatic carbocycles. The molecule has 0 spiro atoms. The summed E-state index contributed by atoms with van der Waals surface area (Å²) in [6.45, 7) is 42.2. The van der Waals surface area contributed by atoms with E-state index in [4.69, 9.17) is 0 Å². The average Bonchev–Trinajstić information content (AvgIpc) is 3.53. The van der Waals surface area contributed by atoms with Crippen LogP contribution in [-0.2, 0) is 43.3 Å². The Balaban J connectivity index is 1.26. The Bertz CT molecular complexity index is 3250. The van der Waals surface area contributed by atoms with E-state index in [1.807, 2.05) is 0 Å². The number of rotatable bonds is 2. The second-order valence-corrected chi connectivity index (χ2v) is 28.6. The molecule has 2 nitrogen and oxygen atoms in total. The monoisotopic (exact) mass is 923 g/mol. The third kappa shape index (κ3) is 6.30. The molecule has 4 aliphatic carbocycles. The van der Waals surface area contributed by atoms with Crippen molar-refractivity contribution in [3.8, 4) is 11.1 Å². The van der Waals surface area contributed by atoms with E-state index in [2.05, 4.69) is 225 Å². The molecule has 0 amide bonds. The second kappa shape index (κ2) is 14.1. The quantitative estimate of drug-likeness (QED) is 0.159. The van der Waals surface area contributed by atoms with Gasteiger partial charge in [-0.05, 0) is 191 Å². The highest BCUT2D eigenvalue weighted by atomic mass is 15.2. The van der Waals surface area contributed by atoms with Crippen molar-refractivity contribution in [1.82, 2.24) is 0 Å². The summed E-state index contributed by atoms with van der Waals surface area (Å²) in [5, 5.41) is 0. The fourth-order valence-corrected chi connectivity index (χ4v) is 14.7. The topological polar surface area (TPSA) is 6.48 Å². The third-order valence-corrected chi connectivity index (χ3v) is 19.8. The van der Waals surface area contributed by atoms with Crippen molar-refractivity contribution < 1.29 is 0 Å². The Morgan fingerprint density at radius 3 is 1.36 bits per heavy atom. The summed E-state index contributed by atoms with van der Waals surface area (Å²) < 4.78 is 0. The molecular formula is C67H79BN2. The second-order valence-electron chi connectivity index (χ2n) is 28.6. The number of benzene rings is 6. The van der Waals surface area contributed by atoms with Gasteiger partial charge in [0.1, 0.15) is 0 Å². The van der Waals surface area contributed by atoms with Gasteiger partial charge in [-0.25, -0.2) is 0 Å². The summed E-state index contributed by atoms with van der Waals surface area (Å²) in [6.07, 6.45) is 7.12. The minimum absolute atomic E-state index is 0.0438. The molecule has 3 heteroatoms. The molecule has 2 aliphatic heterocycles. The number of fused-ring (bicyclic) bond motifs is 10. The molecule has 0 aromatic heterocycles. The fourth-order valence-electron chi connectivity index (χ4n) is 14.7. The number of hydrogen-bond donors (Lipinski definition) is 0. The van der Waals surface area contributed by atoms with Gasteiger partial charge >= 0.3 is 0 Å². The Morgan fingerprint density at radius 1 is 0.386 bits per heavy atom. The van der Waals surface area contributed by atoms with Crippen LogP contribution in [0.5, 0.6) is 0 Å². The molecular weight excluding hydrogens is 844 g/mol. The van der Waals surface area contributed by atoms with E-state index in [0.717, 1.165) is 0 Å². The number of anilines is 6. The normalized spacial score (nSPS) is 21.6. The zero-order valence-corrected chi connectivity index (χ0v) is 46.0. The van der Waals surface area contributed by atoms with Gasteiger partial charge in [0.25, 0.3) is 6.71 Å². The lowest BCUT2D eigenvalue weighted by Crippen LogP contribution is -2.62. The lowest BCUT2D eigenvalue weighted by molar-refractivity contribution is 0.332. The van der Waals surface area contributed by atoms with Crippen LogP contribution >= 0.6 is 0 Å². The van der Waals surface area contributed by atoms with Crippen LogP contribution in [0.1, 0.15) is 206 Å². The van der Waals surface area contributed by atoms with E-state index >= 15 is 0 Å². The minimum Gasteiger partial charge on any atom is -0.311 e. The molecule has 0 atom stereocenters. The first kappa shape index (κ1) is 46.1. The molecule has 0 fully saturated rings. The molecule has 6 aliphatic rings. The zero-order valence-electron chi connectivity index (χ0n) is 46.0. The Kier molecular flexibility index (Phi) is 9.31. The van der Waals surface area contributed by atoms with Gasteiger partial charge in [-0.3, -0.25) is 0 Å². The summed E-state index contributed by atoms with van der Waals surface area (Å²) in [5.41, 5.74) is 28.5. The number of nitrogens with zero attached hydrogens (tertiary/aromatic N) is 2. The Hall–Kier alpha value is -5.02. The highest BCUT2D eigenvalue weighted by molar-refractivity contribution is 7.00. The van der Waals surface area contributed by atoms with E-state index in [1.165, 1.54) is 150 Å². The molecule has 0 saturated heterocycles. The van der Waals surface area contributed by atoms with Gasteiger partial charge in [0, 0.05) is 39.4 Å². The summed E-state index contributed by atoms with van der Waals surface area (Å²) in [4.78, 5) is 5.54. The minimum atomic E-state index is -0.123.